The minimum absolute atomic E-state index is 0.260. The van der Waals surface area contributed by atoms with Gasteiger partial charge in [0.1, 0.15) is 5.75 Å². The largest absolute Gasteiger partial charge is 0.507 e. The molecule has 5 heteroatoms. The highest BCUT2D eigenvalue weighted by molar-refractivity contribution is 6.56. The van der Waals surface area contributed by atoms with Crippen LogP contribution in [0.2, 0.25) is 0 Å². The molecular weight excluding hydrogens is 277 g/mol. The zero-order valence-electron chi connectivity index (χ0n) is 14.4. The van der Waals surface area contributed by atoms with Crippen LogP contribution in [0.3, 0.4) is 0 Å². The summed E-state index contributed by atoms with van der Waals surface area (Å²) >= 11 is 0. The van der Waals surface area contributed by atoms with E-state index in [9.17, 15) is 5.11 Å². The van der Waals surface area contributed by atoms with Crippen LogP contribution in [0, 0.1) is 6.92 Å². The lowest BCUT2D eigenvalue weighted by Crippen LogP contribution is -2.41. The van der Waals surface area contributed by atoms with Gasteiger partial charge in [0.15, 0.2) is 0 Å². The van der Waals surface area contributed by atoms with Crippen molar-refractivity contribution >= 4 is 13.2 Å². The number of phenolic OH excluding ortho intramolecular Hbond substituents is 1. The summed E-state index contributed by atoms with van der Waals surface area (Å²) in [4.78, 5) is 0. The number of phenols is 1. The first-order valence-electron chi connectivity index (χ1n) is 7.66. The zero-order valence-corrected chi connectivity index (χ0v) is 14.4. The number of aryl methyl sites for hydroxylation is 1. The van der Waals surface area contributed by atoms with Gasteiger partial charge in [0.25, 0.3) is 0 Å². The molecule has 1 fully saturated rings. The van der Waals surface area contributed by atoms with Crippen molar-refractivity contribution in [2.75, 3.05) is 13.6 Å². The third-order valence-electron chi connectivity index (χ3n) is 4.46. The minimum Gasteiger partial charge on any atom is -0.507 e. The molecule has 0 saturated carbocycles. The number of benzene rings is 1. The number of hydrogen-bond donors (Lipinski definition) is 2. The van der Waals surface area contributed by atoms with Gasteiger partial charge in [0.05, 0.1) is 11.2 Å². The molecule has 1 saturated heterocycles. The molecular formula is C17H26BNO3. The Hall–Kier alpha value is -1.30. The molecule has 0 radical (unpaired) electrons. The summed E-state index contributed by atoms with van der Waals surface area (Å²) in [5, 5.41) is 13.2. The van der Waals surface area contributed by atoms with Crippen LogP contribution in [0.15, 0.2) is 23.7 Å². The van der Waals surface area contributed by atoms with Crippen LogP contribution in [-0.4, -0.2) is 37.0 Å². The van der Waals surface area contributed by atoms with Gasteiger partial charge in [-0.15, -0.1) is 0 Å². The van der Waals surface area contributed by atoms with E-state index in [4.69, 9.17) is 9.31 Å². The van der Waals surface area contributed by atoms with Crippen LogP contribution in [0.25, 0.3) is 6.08 Å². The van der Waals surface area contributed by atoms with Gasteiger partial charge in [-0.1, -0.05) is 17.7 Å². The molecule has 1 heterocycles. The summed E-state index contributed by atoms with van der Waals surface area (Å²) in [7, 11) is 1.46. The van der Waals surface area contributed by atoms with Crippen molar-refractivity contribution in [2.45, 2.75) is 45.8 Å². The number of rotatable bonds is 4. The minimum atomic E-state index is -0.419. The first-order chi connectivity index (χ1) is 10.2. The summed E-state index contributed by atoms with van der Waals surface area (Å²) in [5.74, 6) is 0.260. The Kier molecular flexibility index (Phi) is 4.71. The third-order valence-corrected chi connectivity index (χ3v) is 4.46. The van der Waals surface area contributed by atoms with E-state index in [1.165, 1.54) is 0 Å². The van der Waals surface area contributed by atoms with Gasteiger partial charge < -0.3 is 19.7 Å². The van der Waals surface area contributed by atoms with E-state index in [2.05, 4.69) is 5.32 Å². The van der Waals surface area contributed by atoms with E-state index in [-0.39, 0.29) is 17.0 Å². The molecule has 22 heavy (non-hydrogen) atoms. The monoisotopic (exact) mass is 303 g/mol. The Balaban J connectivity index is 2.35. The maximum absolute atomic E-state index is 10.1. The molecule has 1 aromatic rings. The molecule has 2 rings (SSSR count). The summed E-state index contributed by atoms with van der Waals surface area (Å²) in [6.45, 7) is 10.8. The SMILES string of the molecule is CNCC(=Cc1cc(C)ccc1O)B1OC(C)(C)C(C)(C)O1. The molecule has 1 aliphatic heterocycles. The molecule has 120 valence electrons. The topological polar surface area (TPSA) is 50.7 Å². The van der Waals surface area contributed by atoms with Crippen LogP contribution in [-0.2, 0) is 9.31 Å². The molecule has 0 amide bonds. The van der Waals surface area contributed by atoms with Crippen molar-refractivity contribution in [2.24, 2.45) is 0 Å². The van der Waals surface area contributed by atoms with Gasteiger partial charge >= 0.3 is 7.12 Å². The normalized spacial score (nSPS) is 20.5. The fraction of sp³-hybridized carbons (Fsp3) is 0.529. The number of nitrogens with one attached hydrogen (secondary N) is 1. The predicted molar refractivity (Wildman–Crippen MR) is 90.8 cm³/mol. The Morgan fingerprint density at radius 3 is 2.36 bits per heavy atom. The van der Waals surface area contributed by atoms with E-state index in [0.717, 1.165) is 16.6 Å². The van der Waals surface area contributed by atoms with Gasteiger partial charge in [-0.2, -0.15) is 0 Å². The van der Waals surface area contributed by atoms with Crippen molar-refractivity contribution in [3.63, 3.8) is 0 Å². The molecule has 4 nitrogen and oxygen atoms in total. The van der Waals surface area contributed by atoms with Crippen LogP contribution < -0.4 is 5.32 Å². The van der Waals surface area contributed by atoms with Crippen LogP contribution in [0.1, 0.15) is 38.8 Å². The first kappa shape index (κ1) is 17.1. The van der Waals surface area contributed by atoms with E-state index < -0.39 is 7.12 Å². The van der Waals surface area contributed by atoms with E-state index in [1.54, 1.807) is 6.07 Å². The third kappa shape index (κ3) is 3.37. The predicted octanol–water partition coefficient (Wildman–Crippen LogP) is 2.93. The van der Waals surface area contributed by atoms with Crippen molar-refractivity contribution in [3.8, 4) is 5.75 Å². The molecule has 0 atom stereocenters. The van der Waals surface area contributed by atoms with Crippen molar-refractivity contribution in [3.05, 3.63) is 34.8 Å². The maximum atomic E-state index is 10.1. The van der Waals surface area contributed by atoms with Crippen LogP contribution in [0.4, 0.5) is 0 Å². The molecule has 2 N–H and O–H groups in total. The second-order valence-corrected chi connectivity index (χ2v) is 6.90. The van der Waals surface area contributed by atoms with Gasteiger partial charge in [-0.3, -0.25) is 0 Å². The highest BCUT2D eigenvalue weighted by Crippen LogP contribution is 2.39. The fourth-order valence-corrected chi connectivity index (χ4v) is 2.39. The summed E-state index contributed by atoms with van der Waals surface area (Å²) in [5.41, 5.74) is 2.09. The average Bonchev–Trinajstić information content (AvgIpc) is 2.62. The second-order valence-electron chi connectivity index (χ2n) is 6.90. The first-order valence-corrected chi connectivity index (χ1v) is 7.66. The lowest BCUT2D eigenvalue weighted by Gasteiger charge is -2.32. The van der Waals surface area contributed by atoms with Crippen molar-refractivity contribution in [1.29, 1.82) is 0 Å². The van der Waals surface area contributed by atoms with E-state index in [1.807, 2.05) is 59.9 Å². The summed E-state index contributed by atoms with van der Waals surface area (Å²) in [6, 6.07) is 5.55. The van der Waals surface area contributed by atoms with Gasteiger partial charge in [-0.25, -0.2) is 0 Å². The smallest absolute Gasteiger partial charge is 0.491 e. The van der Waals surface area contributed by atoms with Crippen LogP contribution >= 0.6 is 0 Å². The average molecular weight is 303 g/mol. The molecule has 0 spiro atoms. The summed E-state index contributed by atoms with van der Waals surface area (Å²) in [6.07, 6.45) is 1.95. The summed E-state index contributed by atoms with van der Waals surface area (Å²) < 4.78 is 12.2. The lowest BCUT2D eigenvalue weighted by molar-refractivity contribution is 0.00578. The molecule has 1 aromatic carbocycles. The Morgan fingerprint density at radius 1 is 1.23 bits per heavy atom. The van der Waals surface area contributed by atoms with Crippen molar-refractivity contribution in [1.82, 2.24) is 5.32 Å². The molecule has 0 unspecified atom stereocenters. The molecule has 0 aliphatic carbocycles. The highest BCUT2D eigenvalue weighted by atomic mass is 16.7. The number of likely N-dealkylation sites (N-methyl/N-ethyl adjacent to an activating group) is 1. The van der Waals surface area contributed by atoms with Crippen LogP contribution in [0.5, 0.6) is 5.75 Å². The Bertz CT molecular complexity index is 565. The van der Waals surface area contributed by atoms with Gasteiger partial charge in [0, 0.05) is 12.1 Å². The number of aromatic hydroxyl groups is 1. The quantitative estimate of drug-likeness (QED) is 0.840. The van der Waals surface area contributed by atoms with Gasteiger partial charge in [0.2, 0.25) is 0 Å². The van der Waals surface area contributed by atoms with E-state index >= 15 is 0 Å². The molecule has 0 aromatic heterocycles. The zero-order chi connectivity index (χ0) is 16.5. The fourth-order valence-electron chi connectivity index (χ4n) is 2.39. The highest BCUT2D eigenvalue weighted by Gasteiger charge is 2.52. The second kappa shape index (κ2) is 6.07. The Labute approximate surface area is 133 Å². The van der Waals surface area contributed by atoms with E-state index in [0.29, 0.717) is 6.54 Å². The number of hydrogen-bond acceptors (Lipinski definition) is 4. The molecule has 0 bridgehead atoms. The Morgan fingerprint density at radius 2 is 1.82 bits per heavy atom. The van der Waals surface area contributed by atoms with Crippen molar-refractivity contribution < 1.29 is 14.4 Å². The van der Waals surface area contributed by atoms with Gasteiger partial charge in [-0.05, 0) is 59.3 Å². The standard InChI is InChI=1S/C17H26BNO3/c1-12-7-8-15(20)13(9-12)10-14(11-19-6)18-21-16(2,3)17(4,5)22-18/h7-10,19-20H,11H2,1-6H3. The maximum Gasteiger partial charge on any atom is 0.491 e. The molecule has 1 aliphatic rings. The lowest BCUT2D eigenvalue weighted by atomic mass is 9.77.